The molecule has 0 aliphatic carbocycles. The summed E-state index contributed by atoms with van der Waals surface area (Å²) in [5.74, 6) is -0.196. The average Bonchev–Trinajstić information content (AvgIpc) is 3.05. The lowest BCUT2D eigenvalue weighted by molar-refractivity contribution is 0.0816. The monoisotopic (exact) mass is 357 g/mol. The fourth-order valence-corrected chi connectivity index (χ4v) is 3.21. The maximum Gasteiger partial charge on any atom is 0.274 e. The molecule has 1 atom stereocenters. The molecule has 0 saturated carbocycles. The van der Waals surface area contributed by atoms with E-state index in [-0.39, 0.29) is 11.9 Å². The molecular weight excluding hydrogens is 330 g/mol. The number of nitrogens with one attached hydrogen (secondary N) is 2. The molecule has 1 fully saturated rings. The number of hydrogen-bond acceptors (Lipinski definition) is 5. The highest BCUT2D eigenvalue weighted by Crippen LogP contribution is 2.20. The van der Waals surface area contributed by atoms with E-state index < -0.39 is 0 Å². The van der Waals surface area contributed by atoms with Gasteiger partial charge in [-0.1, -0.05) is 35.5 Å². The zero-order valence-electron chi connectivity index (χ0n) is 15.4. The maximum absolute atomic E-state index is 12.5. The van der Waals surface area contributed by atoms with Crippen LogP contribution in [0.5, 0.6) is 0 Å². The first-order chi connectivity index (χ1) is 12.6. The molecule has 1 amide bonds. The lowest BCUT2D eigenvalue weighted by Gasteiger charge is -2.23. The SMILES string of the molecule is Cc1c(C(=O)NC(C)COCc2ccccc2)nnn1C1CCNCC1. The standard InChI is InChI=1S/C19H27N5O2/c1-14(12-26-13-16-6-4-3-5-7-16)21-19(25)18-15(2)24(23-22-18)17-8-10-20-11-9-17/h3-7,14,17,20H,8-13H2,1-2H3,(H,21,25). The summed E-state index contributed by atoms with van der Waals surface area (Å²) < 4.78 is 7.58. The van der Waals surface area contributed by atoms with E-state index in [0.717, 1.165) is 37.2 Å². The van der Waals surface area contributed by atoms with E-state index in [1.165, 1.54) is 0 Å². The molecule has 1 aliphatic heterocycles. The minimum Gasteiger partial charge on any atom is -0.375 e. The Hall–Kier alpha value is -2.25. The smallest absolute Gasteiger partial charge is 0.274 e. The Labute approximate surface area is 154 Å². The second-order valence-electron chi connectivity index (χ2n) is 6.82. The van der Waals surface area contributed by atoms with Crippen LogP contribution in [0, 0.1) is 6.92 Å². The van der Waals surface area contributed by atoms with Crippen LogP contribution in [0.1, 0.15) is 47.6 Å². The number of benzene rings is 1. The van der Waals surface area contributed by atoms with Crippen molar-refractivity contribution in [2.24, 2.45) is 0 Å². The Kier molecular flexibility index (Phi) is 6.35. The first kappa shape index (κ1) is 18.5. The Morgan fingerprint density at radius 3 is 2.81 bits per heavy atom. The summed E-state index contributed by atoms with van der Waals surface area (Å²) in [6, 6.07) is 10.2. The first-order valence-corrected chi connectivity index (χ1v) is 9.20. The van der Waals surface area contributed by atoms with Gasteiger partial charge in [0.05, 0.1) is 24.9 Å². The third-order valence-corrected chi connectivity index (χ3v) is 4.65. The maximum atomic E-state index is 12.5. The average molecular weight is 357 g/mol. The zero-order valence-corrected chi connectivity index (χ0v) is 15.4. The summed E-state index contributed by atoms with van der Waals surface area (Å²) in [6.07, 6.45) is 2.02. The van der Waals surface area contributed by atoms with E-state index in [1.54, 1.807) is 0 Å². The van der Waals surface area contributed by atoms with Crippen LogP contribution in [0.4, 0.5) is 0 Å². The highest BCUT2D eigenvalue weighted by Gasteiger charge is 2.23. The van der Waals surface area contributed by atoms with Crippen molar-refractivity contribution in [3.05, 3.63) is 47.3 Å². The van der Waals surface area contributed by atoms with Crippen molar-refractivity contribution in [2.75, 3.05) is 19.7 Å². The van der Waals surface area contributed by atoms with Gasteiger partial charge in [0.1, 0.15) is 0 Å². The van der Waals surface area contributed by atoms with E-state index in [2.05, 4.69) is 20.9 Å². The van der Waals surface area contributed by atoms with Gasteiger partial charge < -0.3 is 15.4 Å². The Morgan fingerprint density at radius 2 is 2.08 bits per heavy atom. The van der Waals surface area contributed by atoms with Gasteiger partial charge >= 0.3 is 0 Å². The molecule has 7 nitrogen and oxygen atoms in total. The highest BCUT2D eigenvalue weighted by molar-refractivity contribution is 5.93. The van der Waals surface area contributed by atoms with E-state index >= 15 is 0 Å². The molecule has 2 aromatic rings. The molecule has 7 heteroatoms. The molecule has 0 spiro atoms. The van der Waals surface area contributed by atoms with E-state index in [4.69, 9.17) is 4.74 Å². The molecule has 1 aromatic heterocycles. The van der Waals surface area contributed by atoms with E-state index in [9.17, 15) is 4.79 Å². The van der Waals surface area contributed by atoms with E-state index in [0.29, 0.717) is 24.9 Å². The largest absolute Gasteiger partial charge is 0.375 e. The molecule has 1 unspecified atom stereocenters. The van der Waals surface area contributed by atoms with Crippen LogP contribution < -0.4 is 10.6 Å². The normalized spacial score (nSPS) is 16.4. The lowest BCUT2D eigenvalue weighted by atomic mass is 10.1. The Bertz CT molecular complexity index is 710. The molecule has 2 N–H and O–H groups in total. The predicted octanol–water partition coefficient (Wildman–Crippen LogP) is 1.85. The molecule has 0 bridgehead atoms. The molecule has 3 rings (SSSR count). The van der Waals surface area contributed by atoms with Crippen molar-refractivity contribution in [2.45, 2.75) is 45.4 Å². The quantitative estimate of drug-likeness (QED) is 0.790. The molecule has 26 heavy (non-hydrogen) atoms. The van der Waals surface area contributed by atoms with Gasteiger partial charge in [0.15, 0.2) is 5.69 Å². The van der Waals surface area contributed by atoms with Crippen LogP contribution in [0.15, 0.2) is 30.3 Å². The summed E-state index contributed by atoms with van der Waals surface area (Å²) in [4.78, 5) is 12.5. The highest BCUT2D eigenvalue weighted by atomic mass is 16.5. The Morgan fingerprint density at radius 1 is 1.35 bits per heavy atom. The minimum atomic E-state index is -0.196. The van der Waals surface area contributed by atoms with Gasteiger partial charge in [0.25, 0.3) is 5.91 Å². The molecule has 140 valence electrons. The predicted molar refractivity (Wildman–Crippen MR) is 98.9 cm³/mol. The van der Waals surface area contributed by atoms with Crippen molar-refractivity contribution in [1.82, 2.24) is 25.6 Å². The second-order valence-corrected chi connectivity index (χ2v) is 6.82. The third kappa shape index (κ3) is 4.68. The van der Waals surface area contributed by atoms with Gasteiger partial charge in [-0.25, -0.2) is 4.68 Å². The Balaban J connectivity index is 1.50. The van der Waals surface area contributed by atoms with Gasteiger partial charge in [-0.05, 0) is 45.3 Å². The van der Waals surface area contributed by atoms with Gasteiger partial charge in [-0.2, -0.15) is 0 Å². The summed E-state index contributed by atoms with van der Waals surface area (Å²) in [5, 5.41) is 14.6. The van der Waals surface area contributed by atoms with Crippen molar-refractivity contribution in [1.29, 1.82) is 0 Å². The molecule has 1 saturated heterocycles. The molecule has 0 radical (unpaired) electrons. The molecule has 2 heterocycles. The van der Waals surface area contributed by atoms with Crippen LogP contribution >= 0.6 is 0 Å². The molecular formula is C19H27N5O2. The van der Waals surface area contributed by atoms with Crippen LogP contribution in [-0.4, -0.2) is 46.6 Å². The van der Waals surface area contributed by atoms with Crippen LogP contribution in [0.2, 0.25) is 0 Å². The first-order valence-electron chi connectivity index (χ1n) is 9.20. The number of carbonyl (C=O) groups excluding carboxylic acids is 1. The summed E-state index contributed by atoms with van der Waals surface area (Å²) in [6.45, 7) is 6.76. The van der Waals surface area contributed by atoms with Crippen molar-refractivity contribution in [3.8, 4) is 0 Å². The number of hydrogen-bond donors (Lipinski definition) is 2. The minimum absolute atomic E-state index is 0.102. The number of ether oxygens (including phenoxy) is 1. The van der Waals surface area contributed by atoms with Crippen molar-refractivity contribution in [3.63, 3.8) is 0 Å². The number of nitrogens with zero attached hydrogens (tertiary/aromatic N) is 3. The number of carbonyl (C=O) groups is 1. The number of rotatable bonds is 7. The molecule has 1 aromatic carbocycles. The number of piperidine rings is 1. The van der Waals surface area contributed by atoms with Gasteiger partial charge in [-0.3, -0.25) is 4.79 Å². The van der Waals surface area contributed by atoms with Gasteiger partial charge in [-0.15, -0.1) is 5.10 Å². The topological polar surface area (TPSA) is 81.1 Å². The molecule has 1 aliphatic rings. The summed E-state index contributed by atoms with van der Waals surface area (Å²) in [5.41, 5.74) is 2.34. The van der Waals surface area contributed by atoms with E-state index in [1.807, 2.05) is 48.9 Å². The number of aromatic nitrogens is 3. The lowest BCUT2D eigenvalue weighted by Crippen LogP contribution is -2.36. The van der Waals surface area contributed by atoms with Crippen molar-refractivity contribution < 1.29 is 9.53 Å². The second kappa shape index (κ2) is 8.91. The van der Waals surface area contributed by atoms with Gasteiger partial charge in [0.2, 0.25) is 0 Å². The summed E-state index contributed by atoms with van der Waals surface area (Å²) in [7, 11) is 0. The zero-order chi connectivity index (χ0) is 18.4. The number of amides is 1. The van der Waals surface area contributed by atoms with Gasteiger partial charge in [0, 0.05) is 6.04 Å². The van der Waals surface area contributed by atoms with Crippen LogP contribution in [0.25, 0.3) is 0 Å². The van der Waals surface area contributed by atoms with Crippen LogP contribution in [-0.2, 0) is 11.3 Å². The summed E-state index contributed by atoms with van der Waals surface area (Å²) >= 11 is 0. The fraction of sp³-hybridized carbons (Fsp3) is 0.526. The fourth-order valence-electron chi connectivity index (χ4n) is 3.21. The van der Waals surface area contributed by atoms with Crippen molar-refractivity contribution >= 4 is 5.91 Å². The van der Waals surface area contributed by atoms with Crippen LogP contribution in [0.3, 0.4) is 0 Å². The third-order valence-electron chi connectivity index (χ3n) is 4.65.